The second-order valence-corrected chi connectivity index (χ2v) is 12.4. The molecule has 0 spiro atoms. The zero-order chi connectivity index (χ0) is 5.41. The second kappa shape index (κ2) is 15.8. The zero-order valence-corrected chi connectivity index (χ0v) is 16.4. The van der Waals surface area contributed by atoms with Gasteiger partial charge in [-0.3, -0.25) is 0 Å². The Bertz CT molecular complexity index is 7.51. The molecule has 2 heteroatoms. The summed E-state index contributed by atoms with van der Waals surface area (Å²) in [7, 11) is 0. The monoisotopic (exact) mass is 464 g/mol. The second-order valence-electron chi connectivity index (χ2n) is 1.41. The van der Waals surface area contributed by atoms with E-state index >= 15 is 0 Å². The van der Waals surface area contributed by atoms with Crippen molar-refractivity contribution in [3.8, 4) is 0 Å². The van der Waals surface area contributed by atoms with Gasteiger partial charge in [-0.1, -0.05) is 0 Å². The van der Waals surface area contributed by atoms with Gasteiger partial charge in [-0.15, -0.1) is 0 Å². The Balaban J connectivity index is 0. The van der Waals surface area contributed by atoms with Crippen molar-refractivity contribution in [2.75, 3.05) is 0 Å². The molecule has 0 bridgehead atoms. The van der Waals surface area contributed by atoms with Gasteiger partial charge in [0.25, 0.3) is 0 Å². The third-order valence-corrected chi connectivity index (χ3v) is 0. The molecule has 0 nitrogen and oxygen atoms in total. The van der Waals surface area contributed by atoms with E-state index < -0.39 is 0 Å². The molecule has 0 saturated carbocycles. The van der Waals surface area contributed by atoms with Crippen LogP contribution in [0.25, 0.3) is 0 Å². The average Bonchev–Trinajstić information content (AvgIpc) is 1.39. The maximum absolute atomic E-state index is 2.35. The Kier molecular flexibility index (Phi) is 28.4. The van der Waals surface area contributed by atoms with Crippen LogP contribution in [0.4, 0.5) is 0 Å². The Morgan fingerprint density at radius 1 is 0.667 bits per heavy atom. The number of hydrogen-bond donors (Lipinski definition) is 0. The first-order chi connectivity index (χ1) is 2.83. The van der Waals surface area contributed by atoms with Gasteiger partial charge in [-0.05, 0) is 0 Å². The molecule has 0 amide bonds. The van der Waals surface area contributed by atoms with E-state index in [1.54, 1.807) is 0 Å². The third-order valence-electron chi connectivity index (χ3n) is 0. The predicted octanol–water partition coefficient (Wildman–Crippen LogP) is 2.33. The van der Waals surface area contributed by atoms with Crippen molar-refractivity contribution >= 4 is 0 Å². The topological polar surface area (TPSA) is 0 Å². The molecule has 0 saturated heterocycles. The van der Waals surface area contributed by atoms with Crippen LogP contribution in [0.1, 0.15) is 0 Å². The summed E-state index contributed by atoms with van der Waals surface area (Å²) in [6.45, 7) is 0. The molecule has 0 aliphatic rings. The standard InChI is InChI=1S/4CH3.2Hg/h4*1H3;;. The molecule has 0 atom stereocenters. The summed E-state index contributed by atoms with van der Waals surface area (Å²) in [5.41, 5.74) is 0. The van der Waals surface area contributed by atoms with Crippen molar-refractivity contribution < 1.29 is 49.1 Å². The summed E-state index contributed by atoms with van der Waals surface area (Å²) in [5, 5.41) is 0. The molecular formula is C4H12Hg2. The summed E-state index contributed by atoms with van der Waals surface area (Å²) < 4.78 is 9.39. The molecule has 0 aliphatic carbocycles. The fraction of sp³-hybridized carbons (Fsp3) is 1.00. The Hall–Kier alpha value is 1.87. The van der Waals surface area contributed by atoms with Crippen LogP contribution < -0.4 is 0 Å². The summed E-state index contributed by atoms with van der Waals surface area (Å²) in [6.07, 6.45) is 0. The third kappa shape index (κ3) is 39.8. The van der Waals surface area contributed by atoms with Crippen LogP contribution in [0.15, 0.2) is 0 Å². The molecule has 0 aromatic heterocycles. The zero-order valence-electron chi connectivity index (χ0n) is 5.41. The maximum atomic E-state index is 2.35. The first kappa shape index (κ1) is 10.8. The van der Waals surface area contributed by atoms with Crippen molar-refractivity contribution in [3.63, 3.8) is 0 Å². The molecule has 0 aliphatic heterocycles. The van der Waals surface area contributed by atoms with Gasteiger partial charge >= 0.3 is 66.9 Å². The van der Waals surface area contributed by atoms with Crippen molar-refractivity contribution in [2.45, 2.75) is 17.7 Å². The Labute approximate surface area is 65.9 Å². The normalized spacial score (nSPS) is 3.33. The minimum atomic E-state index is -0.0833. The van der Waals surface area contributed by atoms with Gasteiger partial charge in [0.2, 0.25) is 0 Å². The van der Waals surface area contributed by atoms with E-state index in [0.717, 1.165) is 0 Å². The van der Waals surface area contributed by atoms with Crippen LogP contribution in [0.5, 0.6) is 0 Å². The van der Waals surface area contributed by atoms with Gasteiger partial charge in [0.15, 0.2) is 0 Å². The van der Waals surface area contributed by atoms with Gasteiger partial charge in [0.05, 0.1) is 0 Å². The van der Waals surface area contributed by atoms with Gasteiger partial charge in [-0.2, -0.15) is 0 Å². The molecule has 0 heterocycles. The first-order valence-electron chi connectivity index (χ1n) is 2.83. The summed E-state index contributed by atoms with van der Waals surface area (Å²) >= 11 is -0.167. The van der Waals surface area contributed by atoms with E-state index in [-0.39, 0.29) is 49.1 Å². The van der Waals surface area contributed by atoms with Gasteiger partial charge in [0.1, 0.15) is 0 Å². The fourth-order valence-electron chi connectivity index (χ4n) is 0. The Morgan fingerprint density at radius 3 is 0.667 bits per heavy atom. The van der Waals surface area contributed by atoms with Crippen molar-refractivity contribution in [1.82, 2.24) is 0 Å². The van der Waals surface area contributed by atoms with Crippen LogP contribution in [0.2, 0.25) is 17.7 Å². The summed E-state index contributed by atoms with van der Waals surface area (Å²) in [5.74, 6) is 0. The van der Waals surface area contributed by atoms with E-state index in [1.165, 1.54) is 0 Å². The molecular weight excluding hydrogens is 449 g/mol. The van der Waals surface area contributed by atoms with Crippen molar-refractivity contribution in [2.24, 2.45) is 0 Å². The SMILES string of the molecule is [CH3][Hg][CH3].[CH3][Hg][CH3]. The molecule has 32 valence electrons. The van der Waals surface area contributed by atoms with Crippen molar-refractivity contribution in [3.05, 3.63) is 0 Å². The summed E-state index contributed by atoms with van der Waals surface area (Å²) in [6, 6.07) is 0. The molecule has 0 aromatic rings. The molecule has 0 rings (SSSR count). The Morgan fingerprint density at radius 2 is 0.667 bits per heavy atom. The molecule has 0 fully saturated rings. The van der Waals surface area contributed by atoms with E-state index in [4.69, 9.17) is 0 Å². The van der Waals surface area contributed by atoms with Crippen molar-refractivity contribution in [1.29, 1.82) is 0 Å². The van der Waals surface area contributed by atoms with Crippen LogP contribution in [-0.2, 0) is 49.1 Å². The van der Waals surface area contributed by atoms with E-state index in [2.05, 4.69) is 17.7 Å². The van der Waals surface area contributed by atoms with Crippen LogP contribution in [0, 0.1) is 0 Å². The van der Waals surface area contributed by atoms with Crippen LogP contribution in [-0.4, -0.2) is 0 Å². The molecule has 0 N–H and O–H groups in total. The minimum absolute atomic E-state index is 0.0833. The fourth-order valence-corrected chi connectivity index (χ4v) is 0. The molecule has 0 aromatic carbocycles. The van der Waals surface area contributed by atoms with Gasteiger partial charge < -0.3 is 0 Å². The van der Waals surface area contributed by atoms with E-state index in [1.807, 2.05) is 0 Å². The summed E-state index contributed by atoms with van der Waals surface area (Å²) in [4.78, 5) is 0. The number of hydrogen-bond acceptors (Lipinski definition) is 0. The van der Waals surface area contributed by atoms with Gasteiger partial charge in [0, 0.05) is 0 Å². The van der Waals surface area contributed by atoms with Crippen LogP contribution >= 0.6 is 0 Å². The number of rotatable bonds is 0. The first-order valence-corrected chi connectivity index (χ1v) is 24.8. The van der Waals surface area contributed by atoms with E-state index in [9.17, 15) is 0 Å². The molecule has 0 radical (unpaired) electrons. The predicted molar refractivity (Wildman–Crippen MR) is 23.5 cm³/mol. The average molecular weight is 461 g/mol. The molecule has 6 heavy (non-hydrogen) atoms. The van der Waals surface area contributed by atoms with Crippen LogP contribution in [0.3, 0.4) is 0 Å². The molecule has 0 unspecified atom stereocenters. The van der Waals surface area contributed by atoms with Gasteiger partial charge in [-0.25, -0.2) is 0 Å². The quantitative estimate of drug-likeness (QED) is 0.486. The van der Waals surface area contributed by atoms with E-state index in [0.29, 0.717) is 0 Å².